The number of pyridine rings is 1. The van der Waals surface area contributed by atoms with E-state index in [1.165, 1.54) is 12.1 Å². The summed E-state index contributed by atoms with van der Waals surface area (Å²) < 4.78 is 44.3. The molecule has 28 heavy (non-hydrogen) atoms. The predicted molar refractivity (Wildman–Crippen MR) is 98.9 cm³/mol. The van der Waals surface area contributed by atoms with Gasteiger partial charge in [0.2, 0.25) is 5.89 Å². The van der Waals surface area contributed by atoms with E-state index < -0.39 is 24.7 Å². The SMILES string of the molecule is Cc1noc(C(Cc2ccc(C(F)(F)P(=O)(O)O)c(Br)c2)c2ccccn2)n1. The molecule has 1 aromatic carbocycles. The van der Waals surface area contributed by atoms with Crippen molar-refractivity contribution in [3.63, 3.8) is 0 Å². The highest BCUT2D eigenvalue weighted by atomic mass is 79.9. The minimum Gasteiger partial charge on any atom is -0.339 e. The molecule has 2 N–H and O–H groups in total. The summed E-state index contributed by atoms with van der Waals surface area (Å²) in [5.74, 6) is 0.369. The van der Waals surface area contributed by atoms with Crippen molar-refractivity contribution in [2.75, 3.05) is 0 Å². The Morgan fingerprint density at radius 1 is 1.29 bits per heavy atom. The molecule has 0 radical (unpaired) electrons. The average molecular weight is 474 g/mol. The van der Waals surface area contributed by atoms with Crippen LogP contribution in [0, 0.1) is 6.92 Å². The molecule has 2 aromatic heterocycles. The third-order valence-electron chi connectivity index (χ3n) is 4.05. The number of hydrogen-bond donors (Lipinski definition) is 2. The highest BCUT2D eigenvalue weighted by Crippen LogP contribution is 2.60. The van der Waals surface area contributed by atoms with Gasteiger partial charge < -0.3 is 14.3 Å². The summed E-state index contributed by atoms with van der Waals surface area (Å²) in [6.45, 7) is 1.68. The lowest BCUT2D eigenvalue weighted by molar-refractivity contribution is 0.0557. The standard InChI is InChI=1S/C17H15BrF2N3O4P/c1-10-22-16(27-23-10)12(15-4-2-3-7-21-15)8-11-5-6-13(14(18)9-11)17(19,20)28(24,25)26/h2-7,9,12H,8H2,1H3,(H2,24,25,26). The van der Waals surface area contributed by atoms with Gasteiger partial charge in [-0.25, -0.2) is 0 Å². The average Bonchev–Trinajstić information content (AvgIpc) is 3.05. The van der Waals surface area contributed by atoms with Crippen LogP contribution in [0.15, 0.2) is 51.6 Å². The smallest absolute Gasteiger partial charge is 0.339 e. The van der Waals surface area contributed by atoms with Crippen molar-refractivity contribution in [2.24, 2.45) is 0 Å². The Hall–Kier alpha value is -2.00. The summed E-state index contributed by atoms with van der Waals surface area (Å²) in [4.78, 5) is 26.4. The number of aromatic nitrogens is 3. The number of benzene rings is 1. The van der Waals surface area contributed by atoms with E-state index in [0.717, 1.165) is 6.07 Å². The van der Waals surface area contributed by atoms with Gasteiger partial charge in [-0.15, -0.1) is 0 Å². The van der Waals surface area contributed by atoms with Gasteiger partial charge in [0, 0.05) is 16.2 Å². The third-order valence-corrected chi connectivity index (χ3v) is 5.68. The van der Waals surface area contributed by atoms with E-state index in [-0.39, 0.29) is 4.47 Å². The van der Waals surface area contributed by atoms with Gasteiger partial charge in [0.25, 0.3) is 0 Å². The Labute approximate surface area is 167 Å². The van der Waals surface area contributed by atoms with E-state index in [4.69, 9.17) is 14.3 Å². The zero-order valence-electron chi connectivity index (χ0n) is 14.5. The summed E-state index contributed by atoms with van der Waals surface area (Å²) in [7, 11) is -5.66. The first-order chi connectivity index (χ1) is 13.1. The minimum absolute atomic E-state index is 0.111. The molecule has 3 aromatic rings. The van der Waals surface area contributed by atoms with Crippen molar-refractivity contribution < 1.29 is 27.7 Å². The van der Waals surface area contributed by atoms with Gasteiger partial charge in [-0.1, -0.05) is 39.3 Å². The Morgan fingerprint density at radius 2 is 2.04 bits per heavy atom. The Kier molecular flexibility index (Phi) is 5.77. The van der Waals surface area contributed by atoms with E-state index in [9.17, 15) is 13.3 Å². The van der Waals surface area contributed by atoms with E-state index in [0.29, 0.717) is 29.4 Å². The Morgan fingerprint density at radius 3 is 2.57 bits per heavy atom. The molecule has 0 aliphatic carbocycles. The summed E-state index contributed by atoms with van der Waals surface area (Å²) in [5, 5.41) is 3.79. The molecule has 1 atom stereocenters. The fourth-order valence-corrected chi connectivity index (χ4v) is 4.01. The van der Waals surface area contributed by atoms with Crippen LogP contribution >= 0.6 is 23.5 Å². The van der Waals surface area contributed by atoms with E-state index in [1.54, 1.807) is 31.3 Å². The van der Waals surface area contributed by atoms with Gasteiger partial charge >= 0.3 is 13.3 Å². The fourth-order valence-electron chi connectivity index (χ4n) is 2.68. The summed E-state index contributed by atoms with van der Waals surface area (Å²) in [6, 6.07) is 9.11. The maximum Gasteiger partial charge on any atom is 0.399 e. The number of nitrogens with zero attached hydrogens (tertiary/aromatic N) is 3. The first-order valence-corrected chi connectivity index (χ1v) is 10.4. The van der Waals surface area contributed by atoms with Crippen molar-refractivity contribution in [3.8, 4) is 0 Å². The van der Waals surface area contributed by atoms with Crippen molar-refractivity contribution >= 4 is 23.5 Å². The molecular formula is C17H15BrF2N3O4P. The van der Waals surface area contributed by atoms with E-state index in [1.807, 2.05) is 0 Å². The van der Waals surface area contributed by atoms with E-state index >= 15 is 0 Å². The molecule has 0 amide bonds. The van der Waals surface area contributed by atoms with Crippen molar-refractivity contribution in [3.05, 3.63) is 75.6 Å². The number of alkyl halides is 2. The molecule has 11 heteroatoms. The molecule has 0 fully saturated rings. The first kappa shape index (κ1) is 20.7. The second kappa shape index (κ2) is 7.79. The van der Waals surface area contributed by atoms with Gasteiger partial charge in [0.05, 0.1) is 11.6 Å². The van der Waals surface area contributed by atoms with Crippen LogP contribution in [0.1, 0.15) is 34.5 Å². The van der Waals surface area contributed by atoms with Gasteiger partial charge in [0.1, 0.15) is 0 Å². The summed E-state index contributed by atoms with van der Waals surface area (Å²) in [6.07, 6.45) is 1.92. The third kappa shape index (κ3) is 4.20. The van der Waals surface area contributed by atoms with Gasteiger partial charge in [0.15, 0.2) is 5.82 Å². The van der Waals surface area contributed by atoms with E-state index in [2.05, 4.69) is 31.1 Å². The predicted octanol–water partition coefficient (Wildman–Crippen LogP) is 4.14. The number of rotatable bonds is 6. The Bertz CT molecular complexity index is 1030. The molecule has 0 aliphatic rings. The largest absolute Gasteiger partial charge is 0.399 e. The van der Waals surface area contributed by atoms with Gasteiger partial charge in [-0.3, -0.25) is 9.55 Å². The van der Waals surface area contributed by atoms with Crippen molar-refractivity contribution in [2.45, 2.75) is 24.9 Å². The van der Waals surface area contributed by atoms with Gasteiger partial charge in [-0.05, 0) is 37.1 Å². The topological polar surface area (TPSA) is 109 Å². The molecule has 2 heterocycles. The zero-order chi connectivity index (χ0) is 20.5. The molecule has 0 spiro atoms. The molecule has 3 rings (SSSR count). The molecule has 148 valence electrons. The Balaban J connectivity index is 1.96. The number of hydrogen-bond acceptors (Lipinski definition) is 5. The lowest BCUT2D eigenvalue weighted by Crippen LogP contribution is -2.15. The highest BCUT2D eigenvalue weighted by molar-refractivity contribution is 9.10. The van der Waals surface area contributed by atoms with Crippen LogP contribution in [0.3, 0.4) is 0 Å². The maximum atomic E-state index is 14.0. The first-order valence-electron chi connectivity index (χ1n) is 8.03. The van der Waals surface area contributed by atoms with Crippen LogP contribution in [0.4, 0.5) is 8.78 Å². The second-order valence-electron chi connectivity index (χ2n) is 6.09. The fraction of sp³-hybridized carbons (Fsp3) is 0.235. The molecule has 0 aliphatic heterocycles. The quantitative estimate of drug-likeness (QED) is 0.517. The molecule has 1 unspecified atom stereocenters. The molecule has 0 saturated heterocycles. The van der Waals surface area contributed by atoms with Crippen LogP contribution in [-0.2, 0) is 16.6 Å². The molecule has 7 nitrogen and oxygen atoms in total. The minimum atomic E-state index is -5.66. The normalized spacial score (nSPS) is 13.5. The van der Waals surface area contributed by atoms with Crippen LogP contribution < -0.4 is 0 Å². The second-order valence-corrected chi connectivity index (χ2v) is 8.59. The monoisotopic (exact) mass is 473 g/mol. The van der Waals surface area contributed by atoms with Crippen molar-refractivity contribution in [1.82, 2.24) is 15.1 Å². The lowest BCUT2D eigenvalue weighted by Gasteiger charge is -2.20. The van der Waals surface area contributed by atoms with Crippen LogP contribution in [0.5, 0.6) is 0 Å². The number of halogens is 3. The molecule has 0 saturated carbocycles. The van der Waals surface area contributed by atoms with Crippen LogP contribution in [-0.4, -0.2) is 24.9 Å². The van der Waals surface area contributed by atoms with Crippen LogP contribution in [0.2, 0.25) is 0 Å². The molecular weight excluding hydrogens is 459 g/mol. The summed E-state index contributed by atoms with van der Waals surface area (Å²) >= 11 is 2.99. The van der Waals surface area contributed by atoms with Crippen LogP contribution in [0.25, 0.3) is 0 Å². The zero-order valence-corrected chi connectivity index (χ0v) is 16.9. The number of aryl methyl sites for hydroxylation is 1. The van der Waals surface area contributed by atoms with Gasteiger partial charge in [-0.2, -0.15) is 13.8 Å². The highest BCUT2D eigenvalue weighted by Gasteiger charge is 2.51. The van der Waals surface area contributed by atoms with Crippen molar-refractivity contribution in [1.29, 1.82) is 0 Å². The maximum absolute atomic E-state index is 14.0. The lowest BCUT2D eigenvalue weighted by atomic mass is 9.95. The molecule has 0 bridgehead atoms. The summed E-state index contributed by atoms with van der Waals surface area (Å²) in [5.41, 5.74) is -3.81.